The van der Waals surface area contributed by atoms with E-state index in [-0.39, 0.29) is 0 Å². The minimum absolute atomic E-state index is 0.376. The molecule has 1 aromatic heterocycles. The van der Waals surface area contributed by atoms with Crippen LogP contribution in [-0.2, 0) is 22.8 Å². The number of nitrogens with two attached hydrogens (primary N) is 1. The molecule has 5 nitrogen and oxygen atoms in total. The second-order valence-electron chi connectivity index (χ2n) is 5.09. The molecular weight excluding hydrogens is 286 g/mol. The van der Waals surface area contributed by atoms with Gasteiger partial charge in [0.1, 0.15) is 5.82 Å². The molecule has 1 heterocycles. The molecule has 114 valence electrons. The third-order valence-corrected chi connectivity index (χ3v) is 4.57. The van der Waals surface area contributed by atoms with Gasteiger partial charge in [-0.25, -0.2) is 13.4 Å². The van der Waals surface area contributed by atoms with Crippen LogP contribution in [0.5, 0.6) is 0 Å². The van der Waals surface area contributed by atoms with Crippen LogP contribution in [0, 0.1) is 0 Å². The van der Waals surface area contributed by atoms with Crippen molar-refractivity contribution < 1.29 is 8.42 Å². The zero-order valence-electron chi connectivity index (χ0n) is 12.2. The summed E-state index contributed by atoms with van der Waals surface area (Å²) in [5, 5.41) is 0. The molecular formula is C15H21N3O2S. The number of hydrogen-bond donors (Lipinski definition) is 1. The Balaban J connectivity index is 2.22. The van der Waals surface area contributed by atoms with Crippen molar-refractivity contribution in [3.63, 3.8) is 0 Å². The van der Waals surface area contributed by atoms with Crippen molar-refractivity contribution in [2.45, 2.75) is 30.7 Å². The van der Waals surface area contributed by atoms with Crippen molar-refractivity contribution in [1.82, 2.24) is 9.55 Å². The third kappa shape index (κ3) is 4.15. The van der Waals surface area contributed by atoms with Crippen molar-refractivity contribution in [2.75, 3.05) is 12.8 Å². The lowest BCUT2D eigenvalue weighted by Crippen LogP contribution is -2.09. The van der Waals surface area contributed by atoms with Gasteiger partial charge in [-0.15, -0.1) is 0 Å². The fraction of sp³-hybridized carbons (Fsp3) is 0.400. The number of nitrogens with zero attached hydrogens (tertiary/aromatic N) is 2. The molecule has 0 unspecified atom stereocenters. The standard InChI is InChI=1S/C15H21N3O2S/c1-21(19,20)14-7-3-2-6-13(14)12-15-17-9-11-18(15)10-5-4-8-16/h2-3,6-7,9,11H,4-5,8,10,12,16H2,1H3. The van der Waals surface area contributed by atoms with Crippen LogP contribution < -0.4 is 5.73 Å². The smallest absolute Gasteiger partial charge is 0.175 e. The second-order valence-corrected chi connectivity index (χ2v) is 7.07. The number of aromatic nitrogens is 2. The third-order valence-electron chi connectivity index (χ3n) is 3.38. The number of rotatable bonds is 7. The molecule has 0 atom stereocenters. The summed E-state index contributed by atoms with van der Waals surface area (Å²) in [7, 11) is -3.22. The molecule has 21 heavy (non-hydrogen) atoms. The van der Waals surface area contributed by atoms with E-state index in [4.69, 9.17) is 5.73 Å². The van der Waals surface area contributed by atoms with Crippen molar-refractivity contribution in [1.29, 1.82) is 0 Å². The summed E-state index contributed by atoms with van der Waals surface area (Å²) >= 11 is 0. The Morgan fingerprint density at radius 1 is 1.24 bits per heavy atom. The number of sulfone groups is 1. The van der Waals surface area contributed by atoms with E-state index in [9.17, 15) is 8.42 Å². The number of unbranched alkanes of at least 4 members (excludes halogenated alkanes) is 1. The fourth-order valence-electron chi connectivity index (χ4n) is 2.32. The lowest BCUT2D eigenvalue weighted by atomic mass is 10.1. The normalized spacial score (nSPS) is 11.7. The lowest BCUT2D eigenvalue weighted by Gasteiger charge is -2.10. The van der Waals surface area contributed by atoms with Crippen molar-refractivity contribution in [2.24, 2.45) is 5.73 Å². The van der Waals surface area contributed by atoms with Crippen LogP contribution in [0.2, 0.25) is 0 Å². The Hall–Kier alpha value is -1.66. The van der Waals surface area contributed by atoms with Gasteiger partial charge in [-0.3, -0.25) is 0 Å². The molecule has 0 radical (unpaired) electrons. The molecule has 6 heteroatoms. The molecule has 0 bridgehead atoms. The summed E-state index contributed by atoms with van der Waals surface area (Å²) in [6, 6.07) is 7.08. The van der Waals surface area contributed by atoms with E-state index in [2.05, 4.69) is 9.55 Å². The SMILES string of the molecule is CS(=O)(=O)c1ccccc1Cc1nccn1CCCCN. The van der Waals surface area contributed by atoms with Crippen molar-refractivity contribution in [3.8, 4) is 0 Å². The number of benzene rings is 1. The topological polar surface area (TPSA) is 78.0 Å². The molecule has 2 rings (SSSR count). The minimum Gasteiger partial charge on any atom is -0.335 e. The maximum absolute atomic E-state index is 11.8. The van der Waals surface area contributed by atoms with Crippen LogP contribution in [0.1, 0.15) is 24.2 Å². The molecule has 0 saturated heterocycles. The first-order valence-electron chi connectivity index (χ1n) is 7.00. The maximum Gasteiger partial charge on any atom is 0.175 e. The minimum atomic E-state index is -3.22. The fourth-order valence-corrected chi connectivity index (χ4v) is 3.26. The Morgan fingerprint density at radius 2 is 2.00 bits per heavy atom. The zero-order valence-corrected chi connectivity index (χ0v) is 13.0. The summed E-state index contributed by atoms with van der Waals surface area (Å²) in [5.74, 6) is 0.878. The van der Waals surface area contributed by atoms with E-state index in [0.717, 1.165) is 30.8 Å². The van der Waals surface area contributed by atoms with Crippen LogP contribution in [0.3, 0.4) is 0 Å². The number of hydrogen-bond acceptors (Lipinski definition) is 4. The van der Waals surface area contributed by atoms with Crippen LogP contribution in [0.25, 0.3) is 0 Å². The van der Waals surface area contributed by atoms with E-state index in [0.29, 0.717) is 17.9 Å². The molecule has 0 spiro atoms. The van der Waals surface area contributed by atoms with Gasteiger partial charge in [0.25, 0.3) is 0 Å². The van der Waals surface area contributed by atoms with Gasteiger partial charge in [0, 0.05) is 31.6 Å². The Morgan fingerprint density at radius 3 is 2.71 bits per heavy atom. The number of aryl methyl sites for hydroxylation is 1. The summed E-state index contributed by atoms with van der Waals surface area (Å²) in [6.45, 7) is 1.54. The highest BCUT2D eigenvalue weighted by atomic mass is 32.2. The molecule has 0 aliphatic carbocycles. The highest BCUT2D eigenvalue weighted by molar-refractivity contribution is 7.90. The number of imidazole rings is 1. The Labute approximate surface area is 125 Å². The van der Waals surface area contributed by atoms with Crippen LogP contribution in [0.15, 0.2) is 41.6 Å². The summed E-state index contributed by atoms with van der Waals surface area (Å²) in [6.07, 6.45) is 7.39. The molecule has 0 fully saturated rings. The first-order chi connectivity index (χ1) is 10.0. The predicted molar refractivity (Wildman–Crippen MR) is 82.9 cm³/mol. The van der Waals surface area contributed by atoms with Gasteiger partial charge < -0.3 is 10.3 Å². The molecule has 0 aliphatic rings. The van der Waals surface area contributed by atoms with Gasteiger partial charge >= 0.3 is 0 Å². The van der Waals surface area contributed by atoms with E-state index in [1.54, 1.807) is 18.3 Å². The second kappa shape index (κ2) is 6.87. The van der Waals surface area contributed by atoms with Gasteiger partial charge in [-0.05, 0) is 31.0 Å². The van der Waals surface area contributed by atoms with E-state index in [1.165, 1.54) is 6.26 Å². The van der Waals surface area contributed by atoms with Gasteiger partial charge in [-0.2, -0.15) is 0 Å². The van der Waals surface area contributed by atoms with Crippen molar-refractivity contribution in [3.05, 3.63) is 48.0 Å². The molecule has 2 aromatic rings. The first kappa shape index (κ1) is 15.7. The average molecular weight is 307 g/mol. The summed E-state index contributed by atoms with van der Waals surface area (Å²) in [5.41, 5.74) is 6.29. The van der Waals surface area contributed by atoms with Gasteiger partial charge in [-0.1, -0.05) is 18.2 Å². The van der Waals surface area contributed by atoms with Gasteiger partial charge in [0.15, 0.2) is 9.84 Å². The lowest BCUT2D eigenvalue weighted by molar-refractivity contribution is 0.591. The summed E-state index contributed by atoms with van der Waals surface area (Å²) in [4.78, 5) is 4.73. The van der Waals surface area contributed by atoms with Gasteiger partial charge in [0.2, 0.25) is 0 Å². The first-order valence-corrected chi connectivity index (χ1v) is 8.89. The Kier molecular flexibility index (Phi) is 5.14. The highest BCUT2D eigenvalue weighted by Gasteiger charge is 2.14. The molecule has 0 aliphatic heterocycles. The monoisotopic (exact) mass is 307 g/mol. The summed E-state index contributed by atoms with van der Waals surface area (Å²) < 4.78 is 25.7. The molecule has 0 saturated carbocycles. The highest BCUT2D eigenvalue weighted by Crippen LogP contribution is 2.18. The van der Waals surface area contributed by atoms with E-state index in [1.807, 2.05) is 18.3 Å². The predicted octanol–water partition coefficient (Wildman–Crippen LogP) is 1.62. The molecule has 0 amide bonds. The van der Waals surface area contributed by atoms with E-state index < -0.39 is 9.84 Å². The van der Waals surface area contributed by atoms with Crippen LogP contribution in [0.4, 0.5) is 0 Å². The van der Waals surface area contributed by atoms with Crippen LogP contribution in [-0.4, -0.2) is 30.8 Å². The maximum atomic E-state index is 11.8. The van der Waals surface area contributed by atoms with Gasteiger partial charge in [0.05, 0.1) is 4.90 Å². The average Bonchev–Trinajstić information content (AvgIpc) is 2.86. The Bertz CT molecular complexity index is 692. The largest absolute Gasteiger partial charge is 0.335 e. The molecule has 1 aromatic carbocycles. The zero-order chi connectivity index (χ0) is 15.3. The van der Waals surface area contributed by atoms with E-state index >= 15 is 0 Å². The van der Waals surface area contributed by atoms with Crippen LogP contribution >= 0.6 is 0 Å². The molecule has 2 N–H and O–H groups in total. The van der Waals surface area contributed by atoms with Crippen molar-refractivity contribution >= 4 is 9.84 Å². The quantitative estimate of drug-likeness (QED) is 0.788.